The van der Waals surface area contributed by atoms with Gasteiger partial charge in [-0.15, -0.1) is 0 Å². The number of ether oxygens (including phenoxy) is 4. The average Bonchev–Trinajstić information content (AvgIpc) is 3.26. The lowest BCUT2D eigenvalue weighted by Crippen LogP contribution is -2.49. The van der Waals surface area contributed by atoms with Gasteiger partial charge >= 0.3 is 23.9 Å². The van der Waals surface area contributed by atoms with Crippen LogP contribution >= 0.6 is 22.6 Å². The first-order chi connectivity index (χ1) is 29.9. The first kappa shape index (κ1) is 50.4. The molecule has 13 heteroatoms. The Morgan fingerprint density at radius 1 is 0.694 bits per heavy atom. The van der Waals surface area contributed by atoms with Crippen molar-refractivity contribution in [3.05, 3.63) is 151 Å². The summed E-state index contributed by atoms with van der Waals surface area (Å²) in [5.41, 5.74) is -1.36. The number of hydrogen-bond acceptors (Lipinski definition) is 11. The number of rotatable bonds is 26. The van der Waals surface area contributed by atoms with E-state index in [1.165, 1.54) is 54.9 Å². The van der Waals surface area contributed by atoms with E-state index in [1.54, 1.807) is 54.6 Å². The van der Waals surface area contributed by atoms with Gasteiger partial charge in [0.25, 0.3) is 5.91 Å². The van der Waals surface area contributed by atoms with Crippen LogP contribution in [0.5, 0.6) is 11.5 Å². The minimum absolute atomic E-state index is 0.0146. The van der Waals surface area contributed by atoms with Crippen LogP contribution in [-0.4, -0.2) is 57.8 Å². The quantitative estimate of drug-likeness (QED) is 0.0203. The van der Waals surface area contributed by atoms with E-state index in [0.717, 1.165) is 32.1 Å². The number of amides is 1. The van der Waals surface area contributed by atoms with Gasteiger partial charge in [0.1, 0.15) is 29.2 Å². The molecule has 1 amide bonds. The summed E-state index contributed by atoms with van der Waals surface area (Å²) < 4.78 is 22.3. The zero-order valence-electron chi connectivity index (χ0n) is 35.5. The maximum atomic E-state index is 13.8. The van der Waals surface area contributed by atoms with Gasteiger partial charge in [0.2, 0.25) is 0 Å². The van der Waals surface area contributed by atoms with Crippen molar-refractivity contribution in [2.75, 3.05) is 13.2 Å². The SMILES string of the molecule is CC/C=C\C/C=C\C/C=C\C/C=C\C/C=C\CCCC(=O)OCC(C)(C)[C@@H](OC(=O)c1ccccc1OC(=O)c1ccccc1OC(=O)c1cccnc1)C(=O)NCCC(=O)I. The van der Waals surface area contributed by atoms with Crippen LogP contribution in [0.3, 0.4) is 0 Å². The molecule has 0 fully saturated rings. The van der Waals surface area contributed by atoms with Crippen molar-refractivity contribution < 1.29 is 47.7 Å². The van der Waals surface area contributed by atoms with E-state index in [2.05, 4.69) is 65.8 Å². The first-order valence-electron chi connectivity index (χ1n) is 20.5. The zero-order chi connectivity index (χ0) is 45.0. The Balaban J connectivity index is 1.58. The number of carbonyl (C=O) groups excluding carboxylic acids is 6. The third-order valence-corrected chi connectivity index (χ3v) is 9.36. The van der Waals surface area contributed by atoms with Gasteiger partial charge in [-0.3, -0.25) is 19.4 Å². The molecule has 0 aliphatic rings. The summed E-state index contributed by atoms with van der Waals surface area (Å²) in [5, 5.41) is 2.62. The van der Waals surface area contributed by atoms with Gasteiger partial charge in [0.05, 0.1) is 5.56 Å². The highest BCUT2D eigenvalue weighted by atomic mass is 127. The molecule has 1 atom stereocenters. The van der Waals surface area contributed by atoms with Crippen LogP contribution in [0.25, 0.3) is 0 Å². The number of benzene rings is 2. The average molecular weight is 959 g/mol. The lowest BCUT2D eigenvalue weighted by molar-refractivity contribution is -0.153. The summed E-state index contributed by atoms with van der Waals surface area (Å²) in [6.07, 6.45) is 28.6. The largest absolute Gasteiger partial charge is 0.465 e. The summed E-state index contributed by atoms with van der Waals surface area (Å²) in [7, 11) is 0. The number of pyridine rings is 1. The monoisotopic (exact) mass is 958 g/mol. The van der Waals surface area contributed by atoms with Crippen molar-refractivity contribution in [3.63, 3.8) is 0 Å². The van der Waals surface area contributed by atoms with Gasteiger partial charge in [0, 0.05) is 37.2 Å². The van der Waals surface area contributed by atoms with Crippen LogP contribution in [-0.2, 0) is 23.9 Å². The Labute approximate surface area is 377 Å². The van der Waals surface area contributed by atoms with E-state index in [0.29, 0.717) is 12.8 Å². The molecular formula is C49H55IN2O10. The van der Waals surface area contributed by atoms with E-state index in [9.17, 15) is 28.8 Å². The fraction of sp³-hybridized carbons (Fsp3) is 0.327. The van der Waals surface area contributed by atoms with Crippen molar-refractivity contribution in [3.8, 4) is 11.5 Å². The molecule has 0 aliphatic heterocycles. The zero-order valence-corrected chi connectivity index (χ0v) is 37.6. The van der Waals surface area contributed by atoms with Gasteiger partial charge in [-0.1, -0.05) is 106 Å². The molecule has 0 saturated carbocycles. The fourth-order valence-electron chi connectivity index (χ4n) is 5.51. The van der Waals surface area contributed by atoms with Crippen LogP contribution in [0, 0.1) is 5.41 Å². The first-order valence-corrected chi connectivity index (χ1v) is 21.6. The molecule has 2 aromatic carbocycles. The second-order valence-electron chi connectivity index (χ2n) is 14.4. The molecule has 3 aromatic rings. The van der Waals surface area contributed by atoms with Gasteiger partial charge in [-0.25, -0.2) is 14.4 Å². The van der Waals surface area contributed by atoms with E-state index in [1.807, 2.05) is 12.2 Å². The normalized spacial score (nSPS) is 12.3. The molecule has 1 N–H and O–H groups in total. The highest BCUT2D eigenvalue weighted by molar-refractivity contribution is 14.1. The number of esters is 4. The third kappa shape index (κ3) is 19.2. The molecule has 62 heavy (non-hydrogen) atoms. The number of aromatic nitrogens is 1. The number of halogens is 1. The van der Waals surface area contributed by atoms with E-state index in [-0.39, 0.29) is 58.0 Å². The van der Waals surface area contributed by atoms with Gasteiger partial charge in [-0.05, 0) is 104 Å². The number of nitrogens with one attached hydrogen (secondary N) is 1. The number of allylic oxidation sites excluding steroid dienone is 10. The number of para-hydroxylation sites is 2. The Kier molecular flexibility index (Phi) is 23.2. The van der Waals surface area contributed by atoms with Crippen molar-refractivity contribution in [1.82, 2.24) is 10.3 Å². The van der Waals surface area contributed by atoms with Crippen molar-refractivity contribution in [2.24, 2.45) is 5.41 Å². The second kappa shape index (κ2) is 28.5. The van der Waals surface area contributed by atoms with Crippen LogP contribution < -0.4 is 14.8 Å². The standard InChI is InChI=1S/C49H55IN2O10/c1-4-5-6-7-8-9-10-11-12-13-14-15-16-17-18-19-20-31-43(54)59-36-49(2,3)44(45(55)52-34-32-42(50)53)62-48(58)39-28-22-24-30-41(39)61-47(57)38-27-21-23-29-40(38)60-46(56)37-26-25-33-51-35-37/h5-6,8-9,11-12,14-15,17-18,21-30,33,35,44H,4,7,10,13,16,19-20,31-32,34,36H2,1-3H3,(H,52,55)/b6-5-,9-8-,12-11-,15-14-,18-17-/t44-/m0/s1. The maximum absolute atomic E-state index is 13.8. The molecule has 0 unspecified atom stereocenters. The van der Waals surface area contributed by atoms with Crippen LogP contribution in [0.15, 0.2) is 134 Å². The summed E-state index contributed by atoms with van der Waals surface area (Å²) >= 11 is 1.62. The lowest BCUT2D eigenvalue weighted by atomic mass is 9.86. The second-order valence-corrected chi connectivity index (χ2v) is 15.6. The number of hydrogen-bond donors (Lipinski definition) is 1. The Morgan fingerprint density at radius 3 is 1.81 bits per heavy atom. The summed E-state index contributed by atoms with van der Waals surface area (Å²) in [4.78, 5) is 81.7. The molecule has 12 nitrogen and oxygen atoms in total. The minimum Gasteiger partial charge on any atom is -0.465 e. The van der Waals surface area contributed by atoms with E-state index < -0.39 is 41.3 Å². The predicted octanol–water partition coefficient (Wildman–Crippen LogP) is 10.0. The molecule has 0 bridgehead atoms. The molecule has 3 rings (SSSR count). The van der Waals surface area contributed by atoms with Crippen molar-refractivity contribution in [1.29, 1.82) is 0 Å². The molecule has 1 aromatic heterocycles. The van der Waals surface area contributed by atoms with Crippen LogP contribution in [0.4, 0.5) is 0 Å². The summed E-state index contributed by atoms with van der Waals surface area (Å²) in [5.74, 6) is -4.16. The van der Waals surface area contributed by atoms with Crippen LogP contribution in [0.1, 0.15) is 110 Å². The molecular weight excluding hydrogens is 903 g/mol. The smallest absolute Gasteiger partial charge is 0.347 e. The fourth-order valence-corrected chi connectivity index (χ4v) is 5.78. The van der Waals surface area contributed by atoms with Gasteiger partial charge < -0.3 is 24.3 Å². The Hall–Kier alpha value is -5.96. The number of unbranched alkanes of at least 4 members (excludes halogenated alkanes) is 1. The summed E-state index contributed by atoms with van der Waals surface area (Å²) in [6.45, 7) is 5.05. The molecule has 328 valence electrons. The van der Waals surface area contributed by atoms with Gasteiger partial charge in [0.15, 0.2) is 9.89 Å². The topological polar surface area (TPSA) is 164 Å². The predicted molar refractivity (Wildman–Crippen MR) is 246 cm³/mol. The number of carbonyl (C=O) groups is 6. The van der Waals surface area contributed by atoms with E-state index in [4.69, 9.17) is 18.9 Å². The Bertz CT molecular complexity index is 2090. The number of nitrogens with zero attached hydrogens (tertiary/aromatic N) is 1. The van der Waals surface area contributed by atoms with Crippen LogP contribution in [0.2, 0.25) is 0 Å². The lowest BCUT2D eigenvalue weighted by Gasteiger charge is -2.32. The summed E-state index contributed by atoms with van der Waals surface area (Å²) in [6, 6.07) is 14.8. The molecule has 0 spiro atoms. The van der Waals surface area contributed by atoms with Crippen molar-refractivity contribution >= 4 is 56.2 Å². The highest BCUT2D eigenvalue weighted by Gasteiger charge is 2.40. The van der Waals surface area contributed by atoms with E-state index >= 15 is 0 Å². The van der Waals surface area contributed by atoms with Crippen molar-refractivity contribution in [2.45, 2.75) is 84.7 Å². The van der Waals surface area contributed by atoms with Gasteiger partial charge in [-0.2, -0.15) is 0 Å². The molecule has 0 aliphatic carbocycles. The minimum atomic E-state index is -1.50. The Morgan fingerprint density at radius 2 is 1.24 bits per heavy atom. The molecule has 0 radical (unpaired) electrons. The maximum Gasteiger partial charge on any atom is 0.347 e. The molecule has 1 heterocycles. The molecule has 0 saturated heterocycles. The third-order valence-electron chi connectivity index (χ3n) is 8.82. The highest BCUT2D eigenvalue weighted by Crippen LogP contribution is 2.29.